The number of rotatable bonds is 10. The first-order valence-corrected chi connectivity index (χ1v) is 10.7. The molecule has 166 valence electrons. The van der Waals surface area contributed by atoms with Crippen molar-refractivity contribution in [3.05, 3.63) is 87.8 Å². The van der Waals surface area contributed by atoms with Crippen molar-refractivity contribution in [2.45, 2.75) is 25.7 Å². The molecule has 0 fully saturated rings. The summed E-state index contributed by atoms with van der Waals surface area (Å²) in [7, 11) is 3.33. The minimum absolute atomic E-state index is 0.284. The van der Waals surface area contributed by atoms with Crippen molar-refractivity contribution in [3.63, 3.8) is 0 Å². The molecule has 0 radical (unpaired) electrons. The molecule has 2 heterocycles. The van der Waals surface area contributed by atoms with Crippen molar-refractivity contribution in [1.29, 1.82) is 0 Å². The number of hydrogen-bond acceptors (Lipinski definition) is 8. The fraction of sp³-hybridized carbons (Fsp3) is 0.273. The first-order valence-electron chi connectivity index (χ1n) is 9.94. The second-order valence-corrected chi connectivity index (χ2v) is 8.08. The minimum atomic E-state index is -0.284. The minimum Gasteiger partial charge on any atom is -0.497 e. The lowest BCUT2D eigenvalue weighted by molar-refractivity contribution is 0.184. The van der Waals surface area contributed by atoms with Gasteiger partial charge in [0.05, 0.1) is 32.0 Å². The van der Waals surface area contributed by atoms with Crippen LogP contribution in [-0.2, 0) is 24.4 Å². The van der Waals surface area contributed by atoms with E-state index in [1.165, 1.54) is 6.39 Å². The molecule has 9 nitrogen and oxygen atoms in total. The molecule has 10 heteroatoms. The maximum Gasteiger partial charge on any atom is 0.180 e. The van der Waals surface area contributed by atoms with Crippen LogP contribution in [-0.4, -0.2) is 39.4 Å². The first-order chi connectivity index (χ1) is 15.7. The molecule has 0 bridgehead atoms. The van der Waals surface area contributed by atoms with Crippen LogP contribution in [0.3, 0.4) is 0 Å². The van der Waals surface area contributed by atoms with E-state index in [9.17, 15) is 0 Å². The number of halogens is 1. The Labute approximate surface area is 193 Å². The quantitative estimate of drug-likeness (QED) is 0.354. The molecule has 1 atom stereocenters. The molecule has 4 aromatic rings. The van der Waals surface area contributed by atoms with E-state index in [0.29, 0.717) is 25.5 Å². The van der Waals surface area contributed by atoms with E-state index in [1.807, 2.05) is 36.4 Å². The number of ether oxygens (including phenoxy) is 2. The third kappa shape index (κ3) is 5.39. The summed E-state index contributed by atoms with van der Waals surface area (Å²) in [5.41, 5.74) is 3.89. The maximum absolute atomic E-state index is 5.33. The fourth-order valence-electron chi connectivity index (χ4n) is 3.42. The SMILES string of the molecule is COCc1cc(Br)cc(C(NCc2cocn2)c2nnnn2Cc2ccc(OC)cc2)c1. The van der Waals surface area contributed by atoms with E-state index in [4.69, 9.17) is 13.9 Å². The van der Waals surface area contributed by atoms with Crippen LogP contribution in [0.2, 0.25) is 0 Å². The largest absolute Gasteiger partial charge is 0.497 e. The van der Waals surface area contributed by atoms with Crippen LogP contribution < -0.4 is 10.1 Å². The average molecular weight is 499 g/mol. The molecule has 2 aromatic heterocycles. The van der Waals surface area contributed by atoms with Gasteiger partial charge in [-0.3, -0.25) is 5.32 Å². The van der Waals surface area contributed by atoms with E-state index in [0.717, 1.165) is 32.6 Å². The molecule has 0 aliphatic carbocycles. The van der Waals surface area contributed by atoms with Crippen LogP contribution >= 0.6 is 15.9 Å². The molecule has 0 saturated heterocycles. The van der Waals surface area contributed by atoms with Gasteiger partial charge in [0.2, 0.25) is 0 Å². The van der Waals surface area contributed by atoms with Crippen LogP contribution in [0, 0.1) is 0 Å². The van der Waals surface area contributed by atoms with Crippen molar-refractivity contribution in [1.82, 2.24) is 30.5 Å². The van der Waals surface area contributed by atoms with Crippen LogP contribution in [0.25, 0.3) is 0 Å². The molecule has 0 spiro atoms. The van der Waals surface area contributed by atoms with Crippen LogP contribution in [0.5, 0.6) is 5.75 Å². The molecule has 32 heavy (non-hydrogen) atoms. The summed E-state index contributed by atoms with van der Waals surface area (Å²) in [6, 6.07) is 13.7. The Hall–Kier alpha value is -3.08. The van der Waals surface area contributed by atoms with Crippen molar-refractivity contribution in [2.24, 2.45) is 0 Å². The zero-order chi connectivity index (χ0) is 22.3. The fourth-order valence-corrected chi connectivity index (χ4v) is 3.97. The number of tetrazole rings is 1. The zero-order valence-corrected chi connectivity index (χ0v) is 19.3. The van der Waals surface area contributed by atoms with Gasteiger partial charge >= 0.3 is 0 Å². The van der Waals surface area contributed by atoms with Gasteiger partial charge in [-0.2, -0.15) is 0 Å². The lowest BCUT2D eigenvalue weighted by Gasteiger charge is -2.19. The Bertz CT molecular complexity index is 1130. The number of methoxy groups -OCH3 is 2. The third-order valence-electron chi connectivity index (χ3n) is 4.90. The summed E-state index contributed by atoms with van der Waals surface area (Å²) in [4.78, 5) is 4.21. The highest BCUT2D eigenvalue weighted by Crippen LogP contribution is 2.26. The number of hydrogen-bond donors (Lipinski definition) is 1. The zero-order valence-electron chi connectivity index (χ0n) is 17.7. The molecule has 1 unspecified atom stereocenters. The van der Waals surface area contributed by atoms with E-state index in [1.54, 1.807) is 25.2 Å². The average Bonchev–Trinajstić information content (AvgIpc) is 3.47. The molecule has 1 N–H and O–H groups in total. The summed E-state index contributed by atoms with van der Waals surface area (Å²) in [6.45, 7) is 1.51. The molecule has 0 aliphatic rings. The van der Waals surface area contributed by atoms with Gasteiger partial charge < -0.3 is 13.9 Å². The van der Waals surface area contributed by atoms with Gasteiger partial charge in [0.15, 0.2) is 12.2 Å². The Morgan fingerprint density at radius 2 is 1.97 bits per heavy atom. The summed E-state index contributed by atoms with van der Waals surface area (Å²) >= 11 is 3.61. The van der Waals surface area contributed by atoms with Gasteiger partial charge in [0, 0.05) is 18.1 Å². The van der Waals surface area contributed by atoms with Gasteiger partial charge in [-0.05, 0) is 51.4 Å². The Balaban J connectivity index is 1.66. The number of benzene rings is 2. The van der Waals surface area contributed by atoms with E-state index < -0.39 is 0 Å². The normalized spacial score (nSPS) is 12.1. The number of nitrogens with one attached hydrogen (secondary N) is 1. The van der Waals surface area contributed by atoms with E-state index in [2.05, 4.69) is 47.8 Å². The molecule has 0 aliphatic heterocycles. The highest BCUT2D eigenvalue weighted by atomic mass is 79.9. The Morgan fingerprint density at radius 1 is 1.12 bits per heavy atom. The van der Waals surface area contributed by atoms with Crippen molar-refractivity contribution < 1.29 is 13.9 Å². The topological polar surface area (TPSA) is 100 Å². The number of aromatic nitrogens is 5. The van der Waals surface area contributed by atoms with Crippen molar-refractivity contribution in [2.75, 3.05) is 14.2 Å². The second kappa shape index (κ2) is 10.5. The summed E-state index contributed by atoms with van der Waals surface area (Å²) in [5, 5.41) is 16.1. The molecule has 2 aromatic carbocycles. The van der Waals surface area contributed by atoms with E-state index >= 15 is 0 Å². The summed E-state index contributed by atoms with van der Waals surface area (Å²) in [5.74, 6) is 1.49. The van der Waals surface area contributed by atoms with Gasteiger partial charge in [0.1, 0.15) is 12.0 Å². The molecule has 4 rings (SSSR count). The van der Waals surface area contributed by atoms with E-state index in [-0.39, 0.29) is 6.04 Å². The van der Waals surface area contributed by atoms with Gasteiger partial charge in [-0.15, -0.1) is 5.10 Å². The predicted molar refractivity (Wildman–Crippen MR) is 120 cm³/mol. The van der Waals surface area contributed by atoms with Crippen LogP contribution in [0.4, 0.5) is 0 Å². The number of oxazole rings is 1. The highest BCUT2D eigenvalue weighted by Gasteiger charge is 2.22. The third-order valence-corrected chi connectivity index (χ3v) is 5.36. The standard InChI is InChI=1S/C22H23BrN6O3/c1-30-12-16-7-17(9-18(23)8-16)21(24-10-19-13-32-14-25-19)22-26-27-28-29(22)11-15-3-5-20(31-2)6-4-15/h3-9,13-14,21,24H,10-12H2,1-2H3. The lowest BCUT2D eigenvalue weighted by Crippen LogP contribution is -2.26. The smallest absolute Gasteiger partial charge is 0.180 e. The highest BCUT2D eigenvalue weighted by molar-refractivity contribution is 9.10. The molecular weight excluding hydrogens is 476 g/mol. The van der Waals surface area contributed by atoms with Gasteiger partial charge in [-0.25, -0.2) is 9.67 Å². The molecular formula is C22H23BrN6O3. The molecule has 0 amide bonds. The van der Waals surface area contributed by atoms with Gasteiger partial charge in [-0.1, -0.05) is 34.1 Å². The van der Waals surface area contributed by atoms with Crippen molar-refractivity contribution >= 4 is 15.9 Å². The van der Waals surface area contributed by atoms with Crippen molar-refractivity contribution in [3.8, 4) is 5.75 Å². The van der Waals surface area contributed by atoms with Crippen LogP contribution in [0.15, 0.2) is 64.0 Å². The Morgan fingerprint density at radius 3 is 2.69 bits per heavy atom. The second-order valence-electron chi connectivity index (χ2n) is 7.16. The van der Waals surface area contributed by atoms with Gasteiger partial charge in [0.25, 0.3) is 0 Å². The first kappa shape index (κ1) is 22.1. The molecule has 0 saturated carbocycles. The predicted octanol–water partition coefficient (Wildman–Crippen LogP) is 3.51. The summed E-state index contributed by atoms with van der Waals surface area (Å²) < 4.78 is 18.4. The monoisotopic (exact) mass is 498 g/mol. The summed E-state index contributed by atoms with van der Waals surface area (Å²) in [6.07, 6.45) is 3.03. The maximum atomic E-state index is 5.33. The number of nitrogens with zero attached hydrogens (tertiary/aromatic N) is 5. The lowest BCUT2D eigenvalue weighted by atomic mass is 10.0. The van der Waals surface area contributed by atoms with Crippen LogP contribution in [0.1, 0.15) is 34.3 Å². The Kier molecular flexibility index (Phi) is 7.25.